The summed E-state index contributed by atoms with van der Waals surface area (Å²) in [7, 11) is 0. The van der Waals surface area contributed by atoms with E-state index in [1.54, 1.807) is 0 Å². The molecule has 19 heavy (non-hydrogen) atoms. The molecule has 0 amide bonds. The first-order chi connectivity index (χ1) is 9.04. The van der Waals surface area contributed by atoms with Gasteiger partial charge in [0, 0.05) is 6.54 Å². The van der Waals surface area contributed by atoms with E-state index in [1.807, 2.05) is 30.7 Å². The van der Waals surface area contributed by atoms with E-state index in [0.717, 1.165) is 34.6 Å². The van der Waals surface area contributed by atoms with Crippen molar-refractivity contribution in [3.8, 4) is 5.69 Å². The van der Waals surface area contributed by atoms with Crippen LogP contribution in [0.2, 0.25) is 5.02 Å². The van der Waals surface area contributed by atoms with Gasteiger partial charge in [-0.3, -0.25) is 0 Å². The van der Waals surface area contributed by atoms with Gasteiger partial charge >= 0.3 is 0 Å². The molecule has 0 spiro atoms. The van der Waals surface area contributed by atoms with Gasteiger partial charge in [-0.25, -0.2) is 4.68 Å². The maximum Gasteiger partial charge on any atom is 0.0835 e. The minimum atomic E-state index is 0.716. The molecule has 0 saturated carbocycles. The van der Waals surface area contributed by atoms with Gasteiger partial charge < -0.3 is 5.32 Å². The smallest absolute Gasteiger partial charge is 0.0835 e. The van der Waals surface area contributed by atoms with Crippen molar-refractivity contribution in [3.05, 3.63) is 44.6 Å². The third-order valence-electron chi connectivity index (χ3n) is 3.02. The summed E-state index contributed by atoms with van der Waals surface area (Å²) < 4.78 is 2.90. The molecule has 1 N–H and O–H groups in total. The van der Waals surface area contributed by atoms with Gasteiger partial charge in [-0.05, 0) is 54.0 Å². The van der Waals surface area contributed by atoms with Crippen molar-refractivity contribution < 1.29 is 0 Å². The molecule has 0 bridgehead atoms. The molecule has 2 rings (SSSR count). The number of benzene rings is 1. The van der Waals surface area contributed by atoms with E-state index in [9.17, 15) is 0 Å². The first-order valence-electron chi connectivity index (χ1n) is 6.25. The fraction of sp³-hybridized carbons (Fsp3) is 0.357. The van der Waals surface area contributed by atoms with Gasteiger partial charge in [-0.2, -0.15) is 5.10 Å². The minimum Gasteiger partial charge on any atom is -0.313 e. The number of aromatic nitrogens is 2. The topological polar surface area (TPSA) is 29.9 Å². The molecule has 0 aliphatic heterocycles. The zero-order chi connectivity index (χ0) is 14.0. The average Bonchev–Trinajstić information content (AvgIpc) is 2.64. The van der Waals surface area contributed by atoms with Gasteiger partial charge in [0.15, 0.2) is 0 Å². The number of nitrogens with one attached hydrogen (secondary N) is 1. The fourth-order valence-electron chi connectivity index (χ4n) is 1.96. The van der Waals surface area contributed by atoms with Crippen molar-refractivity contribution in [3.63, 3.8) is 0 Å². The summed E-state index contributed by atoms with van der Waals surface area (Å²) in [5.74, 6) is 0. The summed E-state index contributed by atoms with van der Waals surface area (Å²) in [6, 6.07) is 6.08. The second kappa shape index (κ2) is 6.07. The van der Waals surface area contributed by atoms with Crippen LogP contribution in [0, 0.1) is 13.8 Å². The van der Waals surface area contributed by atoms with Crippen LogP contribution in [-0.4, -0.2) is 16.3 Å². The Labute approximate surface area is 127 Å². The van der Waals surface area contributed by atoms with Gasteiger partial charge in [-0.1, -0.05) is 24.6 Å². The van der Waals surface area contributed by atoms with Crippen molar-refractivity contribution in [1.82, 2.24) is 15.1 Å². The lowest BCUT2D eigenvalue weighted by molar-refractivity contribution is 0.726. The van der Waals surface area contributed by atoms with Crippen LogP contribution in [-0.2, 0) is 6.54 Å². The van der Waals surface area contributed by atoms with Crippen molar-refractivity contribution in [2.45, 2.75) is 27.3 Å². The standard InChI is InChI=1S/C14H17BrClN3/c1-4-17-8-11-5-6-13(12(16)7-11)19-10(3)14(15)9(2)18-19/h5-7,17H,4,8H2,1-3H3. The SMILES string of the molecule is CCNCc1ccc(-n2nc(C)c(Br)c2C)c(Cl)c1. The Morgan fingerprint density at radius 2 is 2.11 bits per heavy atom. The van der Waals surface area contributed by atoms with E-state index in [1.165, 1.54) is 5.56 Å². The number of halogens is 2. The third-order valence-corrected chi connectivity index (χ3v) is 4.47. The fourth-order valence-corrected chi connectivity index (χ4v) is 2.49. The van der Waals surface area contributed by atoms with Gasteiger partial charge in [0.1, 0.15) is 0 Å². The van der Waals surface area contributed by atoms with E-state index in [4.69, 9.17) is 11.6 Å². The number of hydrogen-bond acceptors (Lipinski definition) is 2. The molecule has 3 nitrogen and oxygen atoms in total. The van der Waals surface area contributed by atoms with Gasteiger partial charge in [0.05, 0.1) is 26.6 Å². The predicted molar refractivity (Wildman–Crippen MR) is 83.1 cm³/mol. The minimum absolute atomic E-state index is 0.716. The summed E-state index contributed by atoms with van der Waals surface area (Å²) in [6.07, 6.45) is 0. The number of hydrogen-bond donors (Lipinski definition) is 1. The normalized spacial score (nSPS) is 11.0. The van der Waals surface area contributed by atoms with Crippen LogP contribution < -0.4 is 5.32 Å². The maximum atomic E-state index is 6.37. The Morgan fingerprint density at radius 1 is 1.37 bits per heavy atom. The summed E-state index contributed by atoms with van der Waals surface area (Å²) in [5.41, 5.74) is 4.11. The third kappa shape index (κ3) is 3.02. The Bertz CT molecular complexity index is 593. The quantitative estimate of drug-likeness (QED) is 0.909. The van der Waals surface area contributed by atoms with Crippen LogP contribution in [0.25, 0.3) is 5.69 Å². The number of rotatable bonds is 4. The molecule has 102 valence electrons. The zero-order valence-electron chi connectivity index (χ0n) is 11.3. The molecule has 0 aliphatic carbocycles. The highest BCUT2D eigenvalue weighted by Gasteiger charge is 2.12. The van der Waals surface area contributed by atoms with E-state index < -0.39 is 0 Å². The van der Waals surface area contributed by atoms with E-state index in [0.29, 0.717) is 5.02 Å². The monoisotopic (exact) mass is 341 g/mol. The molecular weight excluding hydrogens is 326 g/mol. The number of nitrogens with zero attached hydrogens (tertiary/aromatic N) is 2. The second-order valence-corrected chi connectivity index (χ2v) is 5.66. The molecule has 1 aromatic heterocycles. The second-order valence-electron chi connectivity index (χ2n) is 4.46. The summed E-state index contributed by atoms with van der Waals surface area (Å²) in [4.78, 5) is 0. The molecule has 2 aromatic rings. The van der Waals surface area contributed by atoms with E-state index in [2.05, 4.69) is 39.3 Å². The molecular formula is C14H17BrClN3. The van der Waals surface area contributed by atoms with E-state index in [-0.39, 0.29) is 0 Å². The van der Waals surface area contributed by atoms with Crippen LogP contribution in [0.5, 0.6) is 0 Å². The van der Waals surface area contributed by atoms with Crippen LogP contribution in [0.15, 0.2) is 22.7 Å². The lowest BCUT2D eigenvalue weighted by Gasteiger charge is -2.09. The summed E-state index contributed by atoms with van der Waals surface area (Å²) in [6.45, 7) is 7.86. The molecule has 5 heteroatoms. The Balaban J connectivity index is 2.37. The van der Waals surface area contributed by atoms with Crippen molar-refractivity contribution in [2.75, 3.05) is 6.54 Å². The van der Waals surface area contributed by atoms with Crippen LogP contribution >= 0.6 is 27.5 Å². The lowest BCUT2D eigenvalue weighted by Crippen LogP contribution is -2.11. The molecule has 0 unspecified atom stereocenters. The predicted octanol–water partition coefficient (Wildman–Crippen LogP) is 4.01. The first-order valence-corrected chi connectivity index (χ1v) is 7.43. The largest absolute Gasteiger partial charge is 0.313 e. The maximum absolute atomic E-state index is 6.37. The van der Waals surface area contributed by atoms with Crippen LogP contribution in [0.4, 0.5) is 0 Å². The molecule has 0 atom stereocenters. The van der Waals surface area contributed by atoms with Gasteiger partial charge in [-0.15, -0.1) is 0 Å². The number of aryl methyl sites for hydroxylation is 1. The van der Waals surface area contributed by atoms with Crippen molar-refractivity contribution >= 4 is 27.5 Å². The van der Waals surface area contributed by atoms with Crippen LogP contribution in [0.3, 0.4) is 0 Å². The highest BCUT2D eigenvalue weighted by Crippen LogP contribution is 2.27. The molecule has 1 heterocycles. The molecule has 1 aromatic carbocycles. The lowest BCUT2D eigenvalue weighted by atomic mass is 10.2. The average molecular weight is 343 g/mol. The van der Waals surface area contributed by atoms with Gasteiger partial charge in [0.25, 0.3) is 0 Å². The highest BCUT2D eigenvalue weighted by molar-refractivity contribution is 9.10. The zero-order valence-corrected chi connectivity index (χ0v) is 13.6. The summed E-state index contributed by atoms with van der Waals surface area (Å²) >= 11 is 9.91. The highest BCUT2D eigenvalue weighted by atomic mass is 79.9. The molecule has 0 fully saturated rings. The first kappa shape index (κ1) is 14.6. The van der Waals surface area contributed by atoms with Crippen molar-refractivity contribution in [2.24, 2.45) is 0 Å². The van der Waals surface area contributed by atoms with E-state index >= 15 is 0 Å². The van der Waals surface area contributed by atoms with Crippen LogP contribution in [0.1, 0.15) is 23.9 Å². The molecule has 0 aliphatic rings. The Kier molecular flexibility index (Phi) is 4.66. The van der Waals surface area contributed by atoms with Gasteiger partial charge in [0.2, 0.25) is 0 Å². The molecule has 0 radical (unpaired) electrons. The van der Waals surface area contributed by atoms with Crippen molar-refractivity contribution in [1.29, 1.82) is 0 Å². The Morgan fingerprint density at radius 3 is 2.63 bits per heavy atom. The Hall–Kier alpha value is -0.840. The summed E-state index contributed by atoms with van der Waals surface area (Å²) in [5, 5.41) is 8.51. The molecule has 0 saturated heterocycles.